The first-order valence-electron chi connectivity index (χ1n) is 15.1. The summed E-state index contributed by atoms with van der Waals surface area (Å²) in [6.07, 6.45) is 0.728. The maximum absolute atomic E-state index is 13.0. The first-order valence-corrected chi connectivity index (χ1v) is 15.1. The van der Waals surface area contributed by atoms with Gasteiger partial charge in [-0.1, -0.05) is 39.8 Å². The summed E-state index contributed by atoms with van der Waals surface area (Å²) in [6, 6.07) is 6.68. The minimum atomic E-state index is -0.828. The van der Waals surface area contributed by atoms with Crippen molar-refractivity contribution < 1.29 is 28.9 Å². The van der Waals surface area contributed by atoms with Crippen molar-refractivity contribution >= 4 is 11.8 Å². The Bertz CT molecular complexity index is 893. The predicted molar refractivity (Wildman–Crippen MR) is 161 cm³/mol. The average molecular weight is 579 g/mol. The number of nitrogens with two attached hydrogens (primary N) is 1. The second-order valence-electron chi connectivity index (χ2n) is 11.7. The van der Waals surface area contributed by atoms with E-state index in [0.29, 0.717) is 50.5 Å². The molecular formula is C31H54N4O6. The average Bonchev–Trinajstić information content (AvgIpc) is 2.96. The zero-order valence-corrected chi connectivity index (χ0v) is 25.8. The summed E-state index contributed by atoms with van der Waals surface area (Å²) in [6.45, 7) is 14.2. The predicted octanol–water partition coefficient (Wildman–Crippen LogP) is 2.29. The normalized spacial score (nSPS) is 17.2. The Hall–Kier alpha value is -2.24. The molecule has 0 saturated carbocycles. The number of rotatable bonds is 19. The van der Waals surface area contributed by atoms with E-state index in [4.69, 9.17) is 19.9 Å². The van der Waals surface area contributed by atoms with E-state index < -0.39 is 12.1 Å². The van der Waals surface area contributed by atoms with Crippen LogP contribution in [0, 0.1) is 23.7 Å². The summed E-state index contributed by atoms with van der Waals surface area (Å²) in [5.74, 6) is 0.306. The van der Waals surface area contributed by atoms with Gasteiger partial charge in [0.2, 0.25) is 5.91 Å². The Labute approximate surface area is 246 Å². The molecule has 0 unspecified atom stereocenters. The van der Waals surface area contributed by atoms with E-state index in [-0.39, 0.29) is 35.5 Å². The number of morpholine rings is 1. The summed E-state index contributed by atoms with van der Waals surface area (Å²) < 4.78 is 16.2. The first kappa shape index (κ1) is 35.0. The lowest BCUT2D eigenvalue weighted by molar-refractivity contribution is -0.127. The summed E-state index contributed by atoms with van der Waals surface area (Å²) >= 11 is 0. The number of para-hydroxylation sites is 1. The standard InChI is InChI=1S/C31H54N4O6/c1-22(2)24(21-34-30(37)25-9-6-7-10-29(25)41-16-8-15-39-5)19-27(32)28(36)20-26(23(3)4)31(38)33-11-12-35-13-17-40-18-14-35/h6-7,9-10,22-24,26-28,36H,8,11-21,32H2,1-5H3,(H,33,38)(H,34,37)/t24-,26-,27+,28+/m1/s1. The molecular weight excluding hydrogens is 524 g/mol. The third-order valence-corrected chi connectivity index (χ3v) is 7.89. The Morgan fingerprint density at radius 3 is 2.41 bits per heavy atom. The second kappa shape index (κ2) is 19.0. The molecule has 5 N–H and O–H groups in total. The Kier molecular flexibility index (Phi) is 16.2. The van der Waals surface area contributed by atoms with Gasteiger partial charge in [0.25, 0.3) is 5.91 Å². The van der Waals surface area contributed by atoms with Gasteiger partial charge in [-0.05, 0) is 42.7 Å². The third kappa shape index (κ3) is 12.7. The Balaban J connectivity index is 1.87. The molecule has 2 amide bonds. The van der Waals surface area contributed by atoms with Gasteiger partial charge < -0.3 is 35.7 Å². The van der Waals surface area contributed by atoms with Crippen LogP contribution in [0.1, 0.15) is 57.3 Å². The van der Waals surface area contributed by atoms with Crippen molar-refractivity contribution in [2.75, 3.05) is 66.3 Å². The molecule has 10 nitrogen and oxygen atoms in total. The molecule has 0 bridgehead atoms. The molecule has 1 aliphatic rings. The molecule has 1 saturated heterocycles. The molecule has 0 radical (unpaired) electrons. The maximum atomic E-state index is 13.0. The lowest BCUT2D eigenvalue weighted by Gasteiger charge is -2.30. The quantitative estimate of drug-likeness (QED) is 0.184. The van der Waals surface area contributed by atoms with Crippen molar-refractivity contribution in [1.29, 1.82) is 0 Å². The van der Waals surface area contributed by atoms with Crippen LogP contribution in [0.25, 0.3) is 0 Å². The number of nitrogens with one attached hydrogen (secondary N) is 2. The summed E-state index contributed by atoms with van der Waals surface area (Å²) in [5, 5.41) is 17.1. The lowest BCUT2D eigenvalue weighted by atomic mass is 9.83. The van der Waals surface area contributed by atoms with Crippen LogP contribution in [0.4, 0.5) is 0 Å². The molecule has 234 valence electrons. The number of aliphatic hydroxyl groups is 1. The topological polar surface area (TPSA) is 135 Å². The Morgan fingerprint density at radius 1 is 1.05 bits per heavy atom. The highest BCUT2D eigenvalue weighted by Crippen LogP contribution is 2.24. The fourth-order valence-corrected chi connectivity index (χ4v) is 4.99. The molecule has 1 heterocycles. The third-order valence-electron chi connectivity index (χ3n) is 7.89. The van der Waals surface area contributed by atoms with Gasteiger partial charge in [0.15, 0.2) is 0 Å². The maximum Gasteiger partial charge on any atom is 0.255 e. The molecule has 2 rings (SSSR count). The second-order valence-corrected chi connectivity index (χ2v) is 11.7. The summed E-state index contributed by atoms with van der Waals surface area (Å²) in [4.78, 5) is 28.3. The van der Waals surface area contributed by atoms with E-state index in [1.165, 1.54) is 0 Å². The molecule has 4 atom stereocenters. The number of hydrogen-bond acceptors (Lipinski definition) is 8. The van der Waals surface area contributed by atoms with Crippen molar-refractivity contribution in [1.82, 2.24) is 15.5 Å². The van der Waals surface area contributed by atoms with E-state index in [2.05, 4.69) is 29.4 Å². The monoisotopic (exact) mass is 578 g/mol. The smallest absolute Gasteiger partial charge is 0.255 e. The minimum Gasteiger partial charge on any atom is -0.493 e. The number of amides is 2. The molecule has 0 spiro atoms. The molecule has 1 aliphatic heterocycles. The van der Waals surface area contributed by atoms with Crippen molar-refractivity contribution in [3.05, 3.63) is 29.8 Å². The number of aliphatic hydroxyl groups excluding tert-OH is 1. The van der Waals surface area contributed by atoms with E-state index in [1.54, 1.807) is 19.2 Å². The molecule has 0 aromatic heterocycles. The van der Waals surface area contributed by atoms with Crippen LogP contribution in [0.2, 0.25) is 0 Å². The van der Waals surface area contributed by atoms with Gasteiger partial charge in [-0.25, -0.2) is 0 Å². The number of benzene rings is 1. The number of carbonyl (C=O) groups is 2. The van der Waals surface area contributed by atoms with Crippen LogP contribution in [-0.2, 0) is 14.3 Å². The van der Waals surface area contributed by atoms with Crippen molar-refractivity contribution in [2.45, 2.75) is 59.1 Å². The van der Waals surface area contributed by atoms with Crippen molar-refractivity contribution in [3.8, 4) is 5.75 Å². The highest BCUT2D eigenvalue weighted by atomic mass is 16.5. The van der Waals surface area contributed by atoms with Gasteiger partial charge >= 0.3 is 0 Å². The van der Waals surface area contributed by atoms with Gasteiger partial charge in [-0.2, -0.15) is 0 Å². The number of ether oxygens (including phenoxy) is 3. The zero-order valence-electron chi connectivity index (χ0n) is 25.8. The van der Waals surface area contributed by atoms with Gasteiger partial charge in [0.1, 0.15) is 5.75 Å². The fourth-order valence-electron chi connectivity index (χ4n) is 4.99. The van der Waals surface area contributed by atoms with E-state index in [1.807, 2.05) is 26.0 Å². The number of hydrogen-bond donors (Lipinski definition) is 4. The number of methoxy groups -OCH3 is 1. The Morgan fingerprint density at radius 2 is 1.76 bits per heavy atom. The summed E-state index contributed by atoms with van der Waals surface area (Å²) in [7, 11) is 1.64. The minimum absolute atomic E-state index is 0.0460. The van der Waals surface area contributed by atoms with Crippen LogP contribution in [0.5, 0.6) is 5.75 Å². The molecule has 1 aromatic carbocycles. The summed E-state index contributed by atoms with van der Waals surface area (Å²) in [5.41, 5.74) is 6.96. The van der Waals surface area contributed by atoms with Crippen molar-refractivity contribution in [3.63, 3.8) is 0 Å². The van der Waals surface area contributed by atoms with Crippen LogP contribution in [0.15, 0.2) is 24.3 Å². The lowest BCUT2D eigenvalue weighted by Crippen LogP contribution is -2.45. The van der Waals surface area contributed by atoms with Crippen molar-refractivity contribution in [2.24, 2.45) is 29.4 Å². The highest BCUT2D eigenvalue weighted by molar-refractivity contribution is 5.96. The number of nitrogens with zero attached hydrogens (tertiary/aromatic N) is 1. The molecule has 10 heteroatoms. The van der Waals surface area contributed by atoms with Gasteiger partial charge in [-0.15, -0.1) is 0 Å². The fraction of sp³-hybridized carbons (Fsp3) is 0.742. The zero-order chi connectivity index (χ0) is 30.2. The first-order chi connectivity index (χ1) is 19.6. The van der Waals surface area contributed by atoms with E-state index in [9.17, 15) is 14.7 Å². The highest BCUT2D eigenvalue weighted by Gasteiger charge is 2.30. The number of carbonyl (C=O) groups excluding carboxylic acids is 2. The van der Waals surface area contributed by atoms with Gasteiger partial charge in [0.05, 0.1) is 31.5 Å². The molecule has 0 aliphatic carbocycles. The SMILES string of the molecule is COCCCOc1ccccc1C(=O)NC[C@@H](C[C@H](N)[C@@H](O)C[C@@H](C(=O)NCCN1CCOCC1)C(C)C)C(C)C. The van der Waals surface area contributed by atoms with Crippen LogP contribution in [-0.4, -0.2) is 100 Å². The van der Waals surface area contributed by atoms with Crippen LogP contribution >= 0.6 is 0 Å². The largest absolute Gasteiger partial charge is 0.493 e. The van der Waals surface area contributed by atoms with Gasteiger partial charge in [-0.3, -0.25) is 14.5 Å². The molecule has 41 heavy (non-hydrogen) atoms. The molecule has 1 fully saturated rings. The van der Waals surface area contributed by atoms with Crippen LogP contribution in [0.3, 0.4) is 0 Å². The van der Waals surface area contributed by atoms with Crippen LogP contribution < -0.4 is 21.1 Å². The van der Waals surface area contributed by atoms with E-state index >= 15 is 0 Å². The van der Waals surface area contributed by atoms with E-state index in [0.717, 1.165) is 39.3 Å². The van der Waals surface area contributed by atoms with Gasteiger partial charge in [0, 0.05) is 64.8 Å². The molecule has 1 aromatic rings.